The molecule has 0 saturated heterocycles. The summed E-state index contributed by atoms with van der Waals surface area (Å²) in [6, 6.07) is 8.16. The second-order valence-electron chi connectivity index (χ2n) is 5.52. The molecule has 0 saturated carbocycles. The quantitative estimate of drug-likeness (QED) is 0.772. The van der Waals surface area contributed by atoms with Crippen LogP contribution in [0.1, 0.15) is 11.6 Å². The molecule has 0 fully saturated rings. The predicted molar refractivity (Wildman–Crippen MR) is 84.3 cm³/mol. The van der Waals surface area contributed by atoms with Gasteiger partial charge in [0.15, 0.2) is 21.5 Å². The summed E-state index contributed by atoms with van der Waals surface area (Å²) in [5, 5.41) is 3.31. The Morgan fingerprint density at radius 1 is 1.08 bits per heavy atom. The lowest BCUT2D eigenvalue weighted by Crippen LogP contribution is -2.14. The number of halogens is 2. The second-order valence-corrected chi connectivity index (χ2v) is 7.52. The van der Waals surface area contributed by atoms with E-state index < -0.39 is 27.5 Å². The third kappa shape index (κ3) is 2.30. The molecule has 1 atom stereocenters. The van der Waals surface area contributed by atoms with Crippen LogP contribution in [0.5, 0.6) is 0 Å². The van der Waals surface area contributed by atoms with Gasteiger partial charge in [-0.1, -0.05) is 18.2 Å². The second kappa shape index (κ2) is 5.20. The van der Waals surface area contributed by atoms with Gasteiger partial charge in [-0.3, -0.25) is 0 Å². The van der Waals surface area contributed by atoms with Gasteiger partial charge >= 0.3 is 0 Å². The van der Waals surface area contributed by atoms with Crippen molar-refractivity contribution in [2.24, 2.45) is 0 Å². The van der Waals surface area contributed by atoms with Crippen molar-refractivity contribution < 1.29 is 17.2 Å². The maximum atomic E-state index is 13.6. The van der Waals surface area contributed by atoms with E-state index in [-0.39, 0.29) is 27.4 Å². The fourth-order valence-corrected chi connectivity index (χ4v) is 4.64. The van der Waals surface area contributed by atoms with Crippen LogP contribution >= 0.6 is 0 Å². The molecule has 2 aromatic carbocycles. The molecule has 0 aliphatic carbocycles. The van der Waals surface area contributed by atoms with Gasteiger partial charge in [-0.2, -0.15) is 0 Å². The minimum atomic E-state index is -3.38. The summed E-state index contributed by atoms with van der Waals surface area (Å²) in [5.41, 5.74) is 0.868. The van der Waals surface area contributed by atoms with Crippen molar-refractivity contribution in [2.75, 3.05) is 11.1 Å². The molecule has 0 unspecified atom stereocenters. The lowest BCUT2D eigenvalue weighted by atomic mass is 10.1. The molecule has 0 bridgehead atoms. The normalized spacial score (nSPS) is 18.5. The van der Waals surface area contributed by atoms with Gasteiger partial charge in [0, 0.05) is 11.5 Å². The standard InChI is InChI=1S/C16H11F2N3O2S/c17-11-5-10-13(6-12(11)18)19-8-20-16(10)21-14-7-24(22,23)15-4-2-1-3-9(14)15/h1-6,8,14H,7H2,(H,19,20,21)/t14-/m1/s1. The van der Waals surface area contributed by atoms with E-state index in [2.05, 4.69) is 15.3 Å². The van der Waals surface area contributed by atoms with Crippen LogP contribution in [0, 0.1) is 11.6 Å². The van der Waals surface area contributed by atoms with Crippen LogP contribution in [0.3, 0.4) is 0 Å². The molecule has 8 heteroatoms. The minimum Gasteiger partial charge on any atom is -0.362 e. The highest BCUT2D eigenvalue weighted by molar-refractivity contribution is 7.91. The highest BCUT2D eigenvalue weighted by Gasteiger charge is 2.34. The van der Waals surface area contributed by atoms with Crippen molar-refractivity contribution in [3.63, 3.8) is 0 Å². The summed E-state index contributed by atoms with van der Waals surface area (Å²) < 4.78 is 51.4. The van der Waals surface area contributed by atoms with Gasteiger partial charge in [0.2, 0.25) is 0 Å². The number of hydrogen-bond acceptors (Lipinski definition) is 5. The van der Waals surface area contributed by atoms with Gasteiger partial charge in [0.25, 0.3) is 0 Å². The van der Waals surface area contributed by atoms with Crippen molar-refractivity contribution >= 4 is 26.6 Å². The van der Waals surface area contributed by atoms with Crippen LogP contribution in [0.15, 0.2) is 47.6 Å². The van der Waals surface area contributed by atoms with Gasteiger partial charge < -0.3 is 5.32 Å². The topological polar surface area (TPSA) is 72.0 Å². The summed E-state index contributed by atoms with van der Waals surface area (Å²) in [7, 11) is -3.38. The summed E-state index contributed by atoms with van der Waals surface area (Å²) in [4.78, 5) is 8.25. The van der Waals surface area contributed by atoms with Crippen LogP contribution in [-0.2, 0) is 9.84 Å². The molecule has 122 valence electrons. The van der Waals surface area contributed by atoms with Crippen molar-refractivity contribution in [3.8, 4) is 0 Å². The molecule has 2 heterocycles. The average molecular weight is 347 g/mol. The summed E-state index contributed by atoms with van der Waals surface area (Å²) >= 11 is 0. The van der Waals surface area contributed by atoms with Gasteiger partial charge in [0.05, 0.1) is 22.2 Å². The Bertz CT molecular complexity index is 1070. The molecule has 1 aliphatic heterocycles. The number of nitrogens with one attached hydrogen (secondary N) is 1. The van der Waals surface area contributed by atoms with E-state index in [0.29, 0.717) is 5.56 Å². The SMILES string of the molecule is O=S1(=O)C[C@@H](Nc2ncnc3cc(F)c(F)cc23)c2ccccc21. The molecule has 1 N–H and O–H groups in total. The summed E-state index contributed by atoms with van der Waals surface area (Å²) in [5.74, 6) is -1.88. The first-order chi connectivity index (χ1) is 11.5. The Hall–Kier alpha value is -2.61. The average Bonchev–Trinajstić information content (AvgIpc) is 2.81. The maximum Gasteiger partial charge on any atom is 0.181 e. The number of hydrogen-bond donors (Lipinski definition) is 1. The first-order valence-electron chi connectivity index (χ1n) is 7.14. The number of rotatable bonds is 2. The Labute approximate surface area is 136 Å². The Morgan fingerprint density at radius 3 is 2.67 bits per heavy atom. The molecular formula is C16H11F2N3O2S. The van der Waals surface area contributed by atoms with Gasteiger partial charge in [0.1, 0.15) is 12.1 Å². The zero-order valence-electron chi connectivity index (χ0n) is 12.2. The molecule has 0 spiro atoms. The Morgan fingerprint density at radius 2 is 1.83 bits per heavy atom. The smallest absolute Gasteiger partial charge is 0.181 e. The predicted octanol–water partition coefficient (Wildman–Crippen LogP) is 2.85. The van der Waals surface area contributed by atoms with Crippen LogP contribution < -0.4 is 5.32 Å². The zero-order chi connectivity index (χ0) is 16.9. The van der Waals surface area contributed by atoms with Crippen LogP contribution in [0.2, 0.25) is 0 Å². The molecule has 0 radical (unpaired) electrons. The molecule has 1 aromatic heterocycles. The largest absolute Gasteiger partial charge is 0.362 e. The Kier molecular flexibility index (Phi) is 3.24. The molecule has 5 nitrogen and oxygen atoms in total. The van der Waals surface area contributed by atoms with Crippen molar-refractivity contribution in [1.82, 2.24) is 9.97 Å². The van der Waals surface area contributed by atoms with E-state index in [1.54, 1.807) is 24.3 Å². The molecule has 1 aliphatic rings. The van der Waals surface area contributed by atoms with E-state index in [1.165, 1.54) is 6.33 Å². The number of sulfone groups is 1. The molecular weight excluding hydrogens is 336 g/mol. The summed E-state index contributed by atoms with van der Waals surface area (Å²) in [6.45, 7) is 0. The molecule has 24 heavy (non-hydrogen) atoms. The monoisotopic (exact) mass is 347 g/mol. The van der Waals surface area contributed by atoms with Crippen LogP contribution in [-0.4, -0.2) is 24.1 Å². The van der Waals surface area contributed by atoms with E-state index in [0.717, 1.165) is 12.1 Å². The van der Waals surface area contributed by atoms with Crippen LogP contribution in [0.25, 0.3) is 10.9 Å². The lowest BCUT2D eigenvalue weighted by molar-refractivity contribution is 0.510. The third-order valence-electron chi connectivity index (χ3n) is 4.00. The highest BCUT2D eigenvalue weighted by Crippen LogP contribution is 2.36. The maximum absolute atomic E-state index is 13.6. The number of aromatic nitrogens is 2. The van der Waals surface area contributed by atoms with Crippen molar-refractivity contribution in [2.45, 2.75) is 10.9 Å². The molecule has 3 aromatic rings. The summed E-state index contributed by atoms with van der Waals surface area (Å²) in [6.07, 6.45) is 1.22. The number of benzene rings is 2. The lowest BCUT2D eigenvalue weighted by Gasteiger charge is -2.15. The van der Waals surface area contributed by atoms with Gasteiger partial charge in [-0.25, -0.2) is 27.2 Å². The first kappa shape index (κ1) is 14.9. The molecule has 4 rings (SSSR count). The zero-order valence-corrected chi connectivity index (χ0v) is 13.0. The fourth-order valence-electron chi connectivity index (χ4n) is 2.90. The van der Waals surface area contributed by atoms with E-state index >= 15 is 0 Å². The van der Waals surface area contributed by atoms with E-state index in [4.69, 9.17) is 0 Å². The highest BCUT2D eigenvalue weighted by atomic mass is 32.2. The van der Waals surface area contributed by atoms with Gasteiger partial charge in [-0.05, 0) is 17.7 Å². The van der Waals surface area contributed by atoms with E-state index in [1.807, 2.05) is 0 Å². The fraction of sp³-hybridized carbons (Fsp3) is 0.125. The van der Waals surface area contributed by atoms with Crippen LogP contribution in [0.4, 0.5) is 14.6 Å². The third-order valence-corrected chi connectivity index (χ3v) is 5.82. The minimum absolute atomic E-state index is 0.123. The number of anilines is 1. The van der Waals surface area contributed by atoms with E-state index in [9.17, 15) is 17.2 Å². The molecule has 0 amide bonds. The Balaban J connectivity index is 1.80. The first-order valence-corrected chi connectivity index (χ1v) is 8.79. The van der Waals surface area contributed by atoms with Crippen molar-refractivity contribution in [3.05, 3.63) is 59.9 Å². The van der Waals surface area contributed by atoms with Gasteiger partial charge in [-0.15, -0.1) is 0 Å². The van der Waals surface area contributed by atoms with Crippen molar-refractivity contribution in [1.29, 1.82) is 0 Å². The number of fused-ring (bicyclic) bond motifs is 2. The number of nitrogens with zero attached hydrogens (tertiary/aromatic N) is 2.